The van der Waals surface area contributed by atoms with Crippen molar-refractivity contribution in [1.29, 1.82) is 0 Å². The SMILES string of the molecule is CC1(C)CCCC(N(CC2CCCN2)C2CC2)CC1. The Bertz CT molecular complexity index is 290. The number of rotatable bonds is 4. The first-order valence-electron chi connectivity index (χ1n) is 8.63. The van der Waals surface area contributed by atoms with E-state index in [1.165, 1.54) is 70.9 Å². The van der Waals surface area contributed by atoms with Crippen molar-refractivity contribution in [1.82, 2.24) is 10.2 Å². The van der Waals surface area contributed by atoms with Crippen molar-refractivity contribution in [2.24, 2.45) is 5.41 Å². The molecule has 1 saturated heterocycles. The lowest BCUT2D eigenvalue weighted by Gasteiger charge is -2.34. The molecule has 2 unspecified atom stereocenters. The van der Waals surface area contributed by atoms with Crippen LogP contribution in [-0.4, -0.2) is 36.1 Å². The molecule has 3 aliphatic rings. The van der Waals surface area contributed by atoms with E-state index in [9.17, 15) is 0 Å². The quantitative estimate of drug-likeness (QED) is 0.781. The van der Waals surface area contributed by atoms with Gasteiger partial charge in [0, 0.05) is 24.7 Å². The topological polar surface area (TPSA) is 15.3 Å². The molecule has 0 aromatic heterocycles. The molecule has 0 bridgehead atoms. The Labute approximate surface area is 119 Å². The monoisotopic (exact) mass is 264 g/mol. The van der Waals surface area contributed by atoms with Gasteiger partial charge in [0.2, 0.25) is 0 Å². The van der Waals surface area contributed by atoms with Crippen LogP contribution in [-0.2, 0) is 0 Å². The van der Waals surface area contributed by atoms with Gasteiger partial charge in [0.1, 0.15) is 0 Å². The van der Waals surface area contributed by atoms with E-state index in [2.05, 4.69) is 24.1 Å². The molecule has 0 amide bonds. The summed E-state index contributed by atoms with van der Waals surface area (Å²) in [6.07, 6.45) is 12.9. The van der Waals surface area contributed by atoms with Crippen LogP contribution in [0.4, 0.5) is 0 Å². The average Bonchev–Trinajstić information content (AvgIpc) is 3.11. The zero-order chi connectivity index (χ0) is 13.3. The van der Waals surface area contributed by atoms with Crippen LogP contribution in [0.3, 0.4) is 0 Å². The molecule has 2 saturated carbocycles. The van der Waals surface area contributed by atoms with Crippen LogP contribution in [0.25, 0.3) is 0 Å². The maximum absolute atomic E-state index is 3.70. The van der Waals surface area contributed by atoms with Gasteiger partial charge in [-0.2, -0.15) is 0 Å². The predicted molar refractivity (Wildman–Crippen MR) is 81.4 cm³/mol. The third kappa shape index (κ3) is 3.72. The molecule has 2 heteroatoms. The highest BCUT2D eigenvalue weighted by atomic mass is 15.2. The molecule has 2 aliphatic carbocycles. The summed E-state index contributed by atoms with van der Waals surface area (Å²) >= 11 is 0. The molecule has 0 aromatic rings. The molecule has 1 heterocycles. The normalized spacial score (nSPS) is 35.5. The fraction of sp³-hybridized carbons (Fsp3) is 1.00. The Balaban J connectivity index is 1.59. The van der Waals surface area contributed by atoms with Gasteiger partial charge in [-0.15, -0.1) is 0 Å². The van der Waals surface area contributed by atoms with Crippen LogP contribution < -0.4 is 5.32 Å². The van der Waals surface area contributed by atoms with E-state index in [0.29, 0.717) is 5.41 Å². The van der Waals surface area contributed by atoms with Gasteiger partial charge in [-0.1, -0.05) is 20.3 Å². The highest BCUT2D eigenvalue weighted by Crippen LogP contribution is 2.38. The summed E-state index contributed by atoms with van der Waals surface area (Å²) < 4.78 is 0. The molecule has 3 rings (SSSR count). The van der Waals surface area contributed by atoms with Crippen molar-refractivity contribution >= 4 is 0 Å². The second-order valence-corrected chi connectivity index (χ2v) is 7.97. The van der Waals surface area contributed by atoms with Crippen LogP contribution in [0.1, 0.15) is 71.6 Å². The third-order valence-electron chi connectivity index (χ3n) is 5.62. The van der Waals surface area contributed by atoms with Gasteiger partial charge in [0.25, 0.3) is 0 Å². The first kappa shape index (κ1) is 13.9. The van der Waals surface area contributed by atoms with E-state index in [0.717, 1.165) is 18.1 Å². The van der Waals surface area contributed by atoms with E-state index >= 15 is 0 Å². The number of hydrogen-bond acceptors (Lipinski definition) is 2. The smallest absolute Gasteiger partial charge is 0.0195 e. The molecule has 2 atom stereocenters. The van der Waals surface area contributed by atoms with Crippen LogP contribution in [0.15, 0.2) is 0 Å². The second kappa shape index (κ2) is 5.73. The van der Waals surface area contributed by atoms with Gasteiger partial charge in [-0.3, -0.25) is 4.90 Å². The fourth-order valence-corrected chi connectivity index (χ4v) is 4.14. The van der Waals surface area contributed by atoms with E-state index in [1.807, 2.05) is 0 Å². The predicted octanol–water partition coefficient (Wildman–Crippen LogP) is 3.56. The first-order valence-corrected chi connectivity index (χ1v) is 8.63. The highest BCUT2D eigenvalue weighted by molar-refractivity contribution is 4.93. The van der Waals surface area contributed by atoms with Gasteiger partial charge in [-0.25, -0.2) is 0 Å². The summed E-state index contributed by atoms with van der Waals surface area (Å²) in [7, 11) is 0. The molecule has 0 aromatic carbocycles. The van der Waals surface area contributed by atoms with Crippen LogP contribution in [0.5, 0.6) is 0 Å². The zero-order valence-corrected chi connectivity index (χ0v) is 13.0. The summed E-state index contributed by atoms with van der Waals surface area (Å²) in [5.41, 5.74) is 0.593. The summed E-state index contributed by atoms with van der Waals surface area (Å²) in [5, 5.41) is 3.70. The van der Waals surface area contributed by atoms with Crippen LogP contribution >= 0.6 is 0 Å². The number of hydrogen-bond donors (Lipinski definition) is 1. The summed E-state index contributed by atoms with van der Waals surface area (Å²) in [4.78, 5) is 2.91. The van der Waals surface area contributed by atoms with Gasteiger partial charge in [0.05, 0.1) is 0 Å². The molecular formula is C17H32N2. The average molecular weight is 264 g/mol. The Morgan fingerprint density at radius 2 is 1.74 bits per heavy atom. The molecule has 19 heavy (non-hydrogen) atoms. The maximum Gasteiger partial charge on any atom is 0.0195 e. The molecule has 1 N–H and O–H groups in total. The van der Waals surface area contributed by atoms with Crippen molar-refractivity contribution < 1.29 is 0 Å². The van der Waals surface area contributed by atoms with E-state index < -0.39 is 0 Å². The number of nitrogens with zero attached hydrogens (tertiary/aromatic N) is 1. The second-order valence-electron chi connectivity index (χ2n) is 7.97. The zero-order valence-electron chi connectivity index (χ0n) is 13.0. The molecule has 1 aliphatic heterocycles. The Morgan fingerprint density at radius 3 is 2.42 bits per heavy atom. The molecular weight excluding hydrogens is 232 g/mol. The van der Waals surface area contributed by atoms with Crippen molar-refractivity contribution in [2.45, 2.75) is 89.8 Å². The minimum atomic E-state index is 0.593. The van der Waals surface area contributed by atoms with Gasteiger partial charge in [-0.05, 0) is 63.3 Å². The molecule has 110 valence electrons. The lowest BCUT2D eigenvalue weighted by molar-refractivity contribution is 0.151. The highest BCUT2D eigenvalue weighted by Gasteiger charge is 2.37. The van der Waals surface area contributed by atoms with Gasteiger partial charge in [0.15, 0.2) is 0 Å². The van der Waals surface area contributed by atoms with Crippen molar-refractivity contribution in [2.75, 3.05) is 13.1 Å². The Kier molecular flexibility index (Phi) is 4.19. The first-order chi connectivity index (χ1) is 9.14. The molecule has 0 spiro atoms. The maximum atomic E-state index is 3.70. The largest absolute Gasteiger partial charge is 0.313 e. The van der Waals surface area contributed by atoms with Crippen molar-refractivity contribution in [3.05, 3.63) is 0 Å². The van der Waals surface area contributed by atoms with Gasteiger partial charge < -0.3 is 5.32 Å². The summed E-state index contributed by atoms with van der Waals surface area (Å²) in [6, 6.07) is 2.61. The molecule has 3 fully saturated rings. The summed E-state index contributed by atoms with van der Waals surface area (Å²) in [5.74, 6) is 0. The lowest BCUT2D eigenvalue weighted by atomic mass is 9.85. The minimum Gasteiger partial charge on any atom is -0.313 e. The van der Waals surface area contributed by atoms with E-state index in [1.54, 1.807) is 0 Å². The third-order valence-corrected chi connectivity index (χ3v) is 5.62. The minimum absolute atomic E-state index is 0.593. The Morgan fingerprint density at radius 1 is 0.947 bits per heavy atom. The van der Waals surface area contributed by atoms with Crippen molar-refractivity contribution in [3.8, 4) is 0 Å². The number of nitrogens with one attached hydrogen (secondary N) is 1. The van der Waals surface area contributed by atoms with Crippen molar-refractivity contribution in [3.63, 3.8) is 0 Å². The van der Waals surface area contributed by atoms with E-state index in [-0.39, 0.29) is 0 Å². The van der Waals surface area contributed by atoms with Crippen LogP contribution in [0, 0.1) is 5.41 Å². The fourth-order valence-electron chi connectivity index (χ4n) is 4.14. The van der Waals surface area contributed by atoms with Gasteiger partial charge >= 0.3 is 0 Å². The Hall–Kier alpha value is -0.0800. The molecule has 2 nitrogen and oxygen atoms in total. The summed E-state index contributed by atoms with van der Waals surface area (Å²) in [6.45, 7) is 7.52. The molecule has 0 radical (unpaired) electrons. The lowest BCUT2D eigenvalue weighted by Crippen LogP contribution is -2.44. The standard InChI is InChI=1S/C17H32N2/c1-17(2)10-3-6-15(9-11-17)19(16-7-8-16)13-14-5-4-12-18-14/h14-16,18H,3-13H2,1-2H3. The van der Waals surface area contributed by atoms with E-state index in [4.69, 9.17) is 0 Å². The van der Waals surface area contributed by atoms with Crippen LogP contribution in [0.2, 0.25) is 0 Å².